The van der Waals surface area contributed by atoms with E-state index in [9.17, 15) is 14.0 Å². The number of hydrogen-bond donors (Lipinski definition) is 1. The number of nitrogens with zero attached hydrogens (tertiary/aromatic N) is 1. The smallest absolute Gasteiger partial charge is 0.338 e. The molecule has 2 aromatic rings. The molecular weight excluding hydrogens is 355 g/mol. The fraction of sp³-hybridized carbons (Fsp3) is 0.263. The van der Waals surface area contributed by atoms with Crippen LogP contribution in [0.15, 0.2) is 48.5 Å². The molecule has 0 radical (unpaired) electrons. The zero-order valence-electron chi connectivity index (χ0n) is 14.3. The number of amides is 2. The minimum absolute atomic E-state index is 0.299. The number of nitrogens with one attached hydrogen (secondary N) is 1. The van der Waals surface area contributed by atoms with Gasteiger partial charge in [0.25, 0.3) is 0 Å². The molecule has 7 heteroatoms. The number of carbonyl (C=O) groups excluding carboxylic acids is 2. The van der Waals surface area contributed by atoms with E-state index in [-0.39, 0.29) is 17.2 Å². The van der Waals surface area contributed by atoms with Crippen molar-refractivity contribution in [1.82, 2.24) is 4.90 Å². The molecule has 1 heterocycles. The van der Waals surface area contributed by atoms with E-state index in [4.69, 9.17) is 4.74 Å². The molecular formula is C19H19FN2O3S. The Morgan fingerprint density at radius 3 is 2.65 bits per heavy atom. The van der Waals surface area contributed by atoms with Gasteiger partial charge in [0.1, 0.15) is 11.2 Å². The lowest BCUT2D eigenvalue weighted by Crippen LogP contribution is -2.34. The van der Waals surface area contributed by atoms with E-state index in [1.807, 2.05) is 0 Å². The van der Waals surface area contributed by atoms with Crippen LogP contribution in [0, 0.1) is 5.82 Å². The number of urea groups is 1. The zero-order chi connectivity index (χ0) is 18.5. The van der Waals surface area contributed by atoms with E-state index in [0.29, 0.717) is 30.0 Å². The number of thioether (sulfide) groups is 1. The predicted octanol–water partition coefficient (Wildman–Crippen LogP) is 4.28. The first-order valence-electron chi connectivity index (χ1n) is 8.31. The molecule has 1 aliphatic rings. The minimum atomic E-state index is -0.402. The third-order valence-corrected chi connectivity index (χ3v) is 5.21. The third kappa shape index (κ3) is 3.99. The Bertz CT molecular complexity index is 798. The number of carbonyl (C=O) groups is 2. The number of rotatable bonds is 4. The maximum Gasteiger partial charge on any atom is 0.338 e. The zero-order valence-corrected chi connectivity index (χ0v) is 15.1. The maximum atomic E-state index is 14.1. The van der Waals surface area contributed by atoms with E-state index in [0.717, 1.165) is 5.75 Å². The van der Waals surface area contributed by atoms with E-state index in [1.165, 1.54) is 17.8 Å². The van der Waals surface area contributed by atoms with Crippen LogP contribution < -0.4 is 5.32 Å². The molecule has 2 amide bonds. The Morgan fingerprint density at radius 2 is 1.96 bits per heavy atom. The summed E-state index contributed by atoms with van der Waals surface area (Å²) in [7, 11) is 0. The van der Waals surface area contributed by atoms with E-state index in [1.54, 1.807) is 54.3 Å². The number of benzene rings is 2. The van der Waals surface area contributed by atoms with Gasteiger partial charge in [-0.2, -0.15) is 0 Å². The summed E-state index contributed by atoms with van der Waals surface area (Å²) in [5, 5.41) is 2.45. The van der Waals surface area contributed by atoms with Crippen LogP contribution in [0.5, 0.6) is 0 Å². The summed E-state index contributed by atoms with van der Waals surface area (Å²) in [6.07, 6.45) is 0. The first-order chi connectivity index (χ1) is 12.6. The van der Waals surface area contributed by atoms with Crippen LogP contribution in [-0.2, 0) is 4.74 Å². The van der Waals surface area contributed by atoms with Crippen molar-refractivity contribution in [3.05, 3.63) is 65.5 Å². The predicted molar refractivity (Wildman–Crippen MR) is 99.7 cm³/mol. The van der Waals surface area contributed by atoms with Gasteiger partial charge in [-0.25, -0.2) is 14.0 Å². The second-order valence-electron chi connectivity index (χ2n) is 5.67. The number of halogens is 1. The van der Waals surface area contributed by atoms with E-state index >= 15 is 0 Å². The number of ether oxygens (including phenoxy) is 1. The van der Waals surface area contributed by atoms with Gasteiger partial charge in [-0.3, -0.25) is 0 Å². The van der Waals surface area contributed by atoms with E-state index in [2.05, 4.69) is 5.32 Å². The minimum Gasteiger partial charge on any atom is -0.462 e. The third-order valence-electron chi connectivity index (χ3n) is 3.97. The van der Waals surface area contributed by atoms with Crippen LogP contribution in [-0.4, -0.2) is 35.8 Å². The summed E-state index contributed by atoms with van der Waals surface area (Å²) in [5.41, 5.74) is 1.49. The van der Waals surface area contributed by atoms with Gasteiger partial charge in [-0.05, 0) is 37.3 Å². The highest BCUT2D eigenvalue weighted by molar-refractivity contribution is 7.99. The SMILES string of the molecule is CCOC(=O)c1ccc(NC(=O)N2CCS[C@H]2c2ccccc2F)cc1. The molecule has 5 nitrogen and oxygen atoms in total. The van der Waals surface area contributed by atoms with Gasteiger partial charge < -0.3 is 15.0 Å². The van der Waals surface area contributed by atoms with Crippen molar-refractivity contribution in [2.75, 3.05) is 24.2 Å². The van der Waals surface area contributed by atoms with Crippen molar-refractivity contribution < 1.29 is 18.7 Å². The summed E-state index contributed by atoms with van der Waals surface area (Å²) < 4.78 is 19.0. The molecule has 0 aliphatic carbocycles. The molecule has 2 aromatic carbocycles. The first kappa shape index (κ1) is 18.3. The summed E-state index contributed by atoms with van der Waals surface area (Å²) >= 11 is 1.53. The molecule has 1 fully saturated rings. The summed E-state index contributed by atoms with van der Waals surface area (Å²) in [6.45, 7) is 2.59. The Hall–Kier alpha value is -2.54. The molecule has 136 valence electrons. The normalized spacial score (nSPS) is 16.4. The fourth-order valence-electron chi connectivity index (χ4n) is 2.71. The highest BCUT2D eigenvalue weighted by atomic mass is 32.2. The quantitative estimate of drug-likeness (QED) is 0.812. The first-order valence-corrected chi connectivity index (χ1v) is 9.36. The second kappa shape index (κ2) is 8.23. The number of esters is 1. The summed E-state index contributed by atoms with van der Waals surface area (Å²) in [4.78, 5) is 25.9. The van der Waals surface area contributed by atoms with Crippen LogP contribution in [0.4, 0.5) is 14.9 Å². The topological polar surface area (TPSA) is 58.6 Å². The number of hydrogen-bond acceptors (Lipinski definition) is 4. The van der Waals surface area contributed by atoms with Crippen LogP contribution in [0.3, 0.4) is 0 Å². The van der Waals surface area contributed by atoms with Crippen LogP contribution >= 0.6 is 11.8 Å². The van der Waals surface area contributed by atoms with Crippen molar-refractivity contribution in [2.45, 2.75) is 12.3 Å². The molecule has 3 rings (SSSR count). The highest BCUT2D eigenvalue weighted by Gasteiger charge is 2.32. The van der Waals surface area contributed by atoms with Gasteiger partial charge in [0.2, 0.25) is 0 Å². The molecule has 1 N–H and O–H groups in total. The van der Waals surface area contributed by atoms with Crippen molar-refractivity contribution in [3.63, 3.8) is 0 Å². The monoisotopic (exact) mass is 374 g/mol. The molecule has 0 unspecified atom stereocenters. The molecule has 1 saturated heterocycles. The van der Waals surface area contributed by atoms with Crippen molar-refractivity contribution in [2.24, 2.45) is 0 Å². The molecule has 26 heavy (non-hydrogen) atoms. The molecule has 0 spiro atoms. The molecule has 0 saturated carbocycles. The lowest BCUT2D eigenvalue weighted by atomic mass is 10.2. The van der Waals surface area contributed by atoms with Gasteiger partial charge >= 0.3 is 12.0 Å². The fourth-order valence-corrected chi connectivity index (χ4v) is 3.99. The standard InChI is InChI=1S/C19H19FN2O3S/c1-2-25-18(23)13-7-9-14(10-8-13)21-19(24)22-11-12-26-17(22)15-5-3-4-6-16(15)20/h3-10,17H,2,11-12H2,1H3,(H,21,24)/t17-/m0/s1. The van der Waals surface area contributed by atoms with Crippen LogP contribution in [0.25, 0.3) is 0 Å². The van der Waals surface area contributed by atoms with Gasteiger partial charge in [0.05, 0.1) is 12.2 Å². The Labute approximate surface area is 155 Å². The lowest BCUT2D eigenvalue weighted by molar-refractivity contribution is 0.0526. The summed E-state index contributed by atoms with van der Waals surface area (Å²) in [5.74, 6) is 0.0261. The molecule has 1 aliphatic heterocycles. The van der Waals surface area contributed by atoms with Gasteiger partial charge in [-0.1, -0.05) is 18.2 Å². The van der Waals surface area contributed by atoms with Crippen molar-refractivity contribution in [1.29, 1.82) is 0 Å². The highest BCUT2D eigenvalue weighted by Crippen LogP contribution is 2.39. The Balaban J connectivity index is 1.69. The van der Waals surface area contributed by atoms with Crippen LogP contribution in [0.1, 0.15) is 28.2 Å². The van der Waals surface area contributed by atoms with Gasteiger partial charge in [0, 0.05) is 23.5 Å². The van der Waals surface area contributed by atoms with Crippen molar-refractivity contribution in [3.8, 4) is 0 Å². The van der Waals surface area contributed by atoms with Crippen LogP contribution in [0.2, 0.25) is 0 Å². The largest absolute Gasteiger partial charge is 0.462 e. The molecule has 0 bridgehead atoms. The van der Waals surface area contributed by atoms with Gasteiger partial charge in [-0.15, -0.1) is 11.8 Å². The number of anilines is 1. The average Bonchev–Trinajstić information content (AvgIpc) is 3.12. The molecule has 0 aromatic heterocycles. The summed E-state index contributed by atoms with van der Waals surface area (Å²) in [6, 6.07) is 12.7. The molecule has 1 atom stereocenters. The van der Waals surface area contributed by atoms with Crippen molar-refractivity contribution >= 4 is 29.4 Å². The maximum absolute atomic E-state index is 14.1. The Morgan fingerprint density at radius 1 is 1.23 bits per heavy atom. The van der Waals surface area contributed by atoms with E-state index < -0.39 is 5.97 Å². The van der Waals surface area contributed by atoms with Gasteiger partial charge in [0.15, 0.2) is 0 Å². The Kier molecular flexibility index (Phi) is 5.78. The second-order valence-corrected chi connectivity index (χ2v) is 6.85. The average molecular weight is 374 g/mol. The lowest BCUT2D eigenvalue weighted by Gasteiger charge is -2.24.